The lowest BCUT2D eigenvalue weighted by atomic mass is 9.97. The third-order valence-electron chi connectivity index (χ3n) is 2.85. The second kappa shape index (κ2) is 7.63. The Kier molecular flexibility index (Phi) is 7.34. The fourth-order valence-electron chi connectivity index (χ4n) is 1.56. The molecular formula is C12H26N2O2. The van der Waals surface area contributed by atoms with Gasteiger partial charge in [-0.2, -0.15) is 0 Å². The van der Waals surface area contributed by atoms with Crippen LogP contribution in [0.15, 0.2) is 0 Å². The molecule has 0 unspecified atom stereocenters. The summed E-state index contributed by atoms with van der Waals surface area (Å²) in [7, 11) is 0. The molecule has 3 N–H and O–H groups in total. The molecule has 16 heavy (non-hydrogen) atoms. The molecule has 0 fully saturated rings. The van der Waals surface area contributed by atoms with Crippen molar-refractivity contribution in [3.05, 3.63) is 0 Å². The van der Waals surface area contributed by atoms with Gasteiger partial charge in [0.05, 0.1) is 12.2 Å². The largest absolute Gasteiger partial charge is 0.373 e. The molecule has 4 heteroatoms. The fraction of sp³-hybridized carbons (Fsp3) is 0.917. The van der Waals surface area contributed by atoms with Gasteiger partial charge >= 0.3 is 0 Å². The third kappa shape index (κ3) is 5.47. The standard InChI is InChI=1S/C12H26N2O2/c1-5-12(6-2,9-13)16-8-7-11(15)14-10(3)4/h10H,5-9,13H2,1-4H3,(H,14,15). The van der Waals surface area contributed by atoms with Gasteiger partial charge in [-0.15, -0.1) is 0 Å². The highest BCUT2D eigenvalue weighted by Crippen LogP contribution is 2.18. The van der Waals surface area contributed by atoms with E-state index < -0.39 is 0 Å². The highest BCUT2D eigenvalue weighted by Gasteiger charge is 2.24. The Labute approximate surface area is 98.9 Å². The number of hydrogen-bond acceptors (Lipinski definition) is 3. The molecule has 0 aromatic rings. The minimum atomic E-state index is -0.252. The molecular weight excluding hydrogens is 204 g/mol. The molecule has 0 atom stereocenters. The van der Waals surface area contributed by atoms with Crippen LogP contribution in [0.25, 0.3) is 0 Å². The Morgan fingerprint density at radius 3 is 2.31 bits per heavy atom. The van der Waals surface area contributed by atoms with Crippen LogP contribution in [-0.2, 0) is 9.53 Å². The fourth-order valence-corrected chi connectivity index (χ4v) is 1.56. The molecule has 4 nitrogen and oxygen atoms in total. The van der Waals surface area contributed by atoms with E-state index in [1.54, 1.807) is 0 Å². The molecule has 96 valence electrons. The zero-order valence-electron chi connectivity index (χ0n) is 11.0. The molecule has 0 saturated carbocycles. The number of ether oxygens (including phenoxy) is 1. The zero-order valence-corrected chi connectivity index (χ0v) is 11.0. The van der Waals surface area contributed by atoms with Crippen LogP contribution in [0.4, 0.5) is 0 Å². The van der Waals surface area contributed by atoms with E-state index in [0.717, 1.165) is 12.8 Å². The van der Waals surface area contributed by atoms with Crippen LogP contribution < -0.4 is 11.1 Å². The Morgan fingerprint density at radius 1 is 1.38 bits per heavy atom. The Balaban J connectivity index is 3.91. The minimum Gasteiger partial charge on any atom is -0.373 e. The molecule has 0 aliphatic rings. The van der Waals surface area contributed by atoms with Crippen molar-refractivity contribution in [1.82, 2.24) is 5.32 Å². The Morgan fingerprint density at radius 2 is 1.94 bits per heavy atom. The summed E-state index contributed by atoms with van der Waals surface area (Å²) in [5.74, 6) is 0.0353. The molecule has 0 aliphatic carbocycles. The van der Waals surface area contributed by atoms with E-state index in [4.69, 9.17) is 10.5 Å². The van der Waals surface area contributed by atoms with Crippen molar-refractivity contribution >= 4 is 5.91 Å². The van der Waals surface area contributed by atoms with E-state index in [1.165, 1.54) is 0 Å². The predicted octanol–water partition coefficient (Wildman–Crippen LogP) is 1.44. The number of carbonyl (C=O) groups excluding carboxylic acids is 1. The second-order valence-corrected chi connectivity index (χ2v) is 4.41. The monoisotopic (exact) mass is 230 g/mol. The van der Waals surface area contributed by atoms with Crippen LogP contribution in [0.1, 0.15) is 47.0 Å². The molecule has 0 spiro atoms. The van der Waals surface area contributed by atoms with Crippen LogP contribution in [0.2, 0.25) is 0 Å². The number of nitrogens with two attached hydrogens (primary N) is 1. The number of amides is 1. The van der Waals surface area contributed by atoms with Gasteiger partial charge in [-0.3, -0.25) is 4.79 Å². The van der Waals surface area contributed by atoms with Crippen LogP contribution in [0.3, 0.4) is 0 Å². The SMILES string of the molecule is CCC(CC)(CN)OCCC(=O)NC(C)C. The number of rotatable bonds is 8. The van der Waals surface area contributed by atoms with Gasteiger partial charge in [0.25, 0.3) is 0 Å². The smallest absolute Gasteiger partial charge is 0.222 e. The quantitative estimate of drug-likeness (QED) is 0.663. The van der Waals surface area contributed by atoms with E-state index >= 15 is 0 Å². The van der Waals surface area contributed by atoms with Crippen molar-refractivity contribution in [1.29, 1.82) is 0 Å². The molecule has 0 saturated heterocycles. The van der Waals surface area contributed by atoms with Crippen molar-refractivity contribution in [3.8, 4) is 0 Å². The normalized spacial score (nSPS) is 11.9. The maximum absolute atomic E-state index is 11.4. The number of carbonyl (C=O) groups is 1. The van der Waals surface area contributed by atoms with Crippen molar-refractivity contribution < 1.29 is 9.53 Å². The Bertz CT molecular complexity index is 193. The number of hydrogen-bond donors (Lipinski definition) is 2. The lowest BCUT2D eigenvalue weighted by Gasteiger charge is -2.30. The van der Waals surface area contributed by atoms with E-state index in [-0.39, 0.29) is 17.6 Å². The van der Waals surface area contributed by atoms with Crippen molar-refractivity contribution in [2.75, 3.05) is 13.2 Å². The van der Waals surface area contributed by atoms with Crippen LogP contribution in [0, 0.1) is 0 Å². The highest BCUT2D eigenvalue weighted by molar-refractivity contribution is 5.76. The molecule has 0 aromatic heterocycles. The first-order chi connectivity index (χ1) is 7.49. The third-order valence-corrected chi connectivity index (χ3v) is 2.85. The summed E-state index contributed by atoms with van der Waals surface area (Å²) in [6.45, 7) is 8.96. The van der Waals surface area contributed by atoms with E-state index in [2.05, 4.69) is 19.2 Å². The van der Waals surface area contributed by atoms with Gasteiger partial charge in [0, 0.05) is 19.0 Å². The summed E-state index contributed by atoms with van der Waals surface area (Å²) in [5.41, 5.74) is 5.45. The van der Waals surface area contributed by atoms with Gasteiger partial charge < -0.3 is 15.8 Å². The predicted molar refractivity (Wildman–Crippen MR) is 66.2 cm³/mol. The van der Waals surface area contributed by atoms with Gasteiger partial charge in [-0.05, 0) is 26.7 Å². The average molecular weight is 230 g/mol. The summed E-state index contributed by atoms with van der Waals surface area (Å²) < 4.78 is 5.74. The molecule has 0 aromatic carbocycles. The first-order valence-corrected chi connectivity index (χ1v) is 6.13. The molecule has 0 rings (SSSR count). The zero-order chi connectivity index (χ0) is 12.6. The van der Waals surface area contributed by atoms with Crippen LogP contribution >= 0.6 is 0 Å². The molecule has 1 amide bonds. The van der Waals surface area contributed by atoms with Crippen LogP contribution in [0.5, 0.6) is 0 Å². The van der Waals surface area contributed by atoms with E-state index in [1.807, 2.05) is 13.8 Å². The van der Waals surface area contributed by atoms with Crippen molar-refractivity contribution in [3.63, 3.8) is 0 Å². The van der Waals surface area contributed by atoms with Crippen molar-refractivity contribution in [2.24, 2.45) is 5.73 Å². The average Bonchev–Trinajstić information content (AvgIpc) is 2.24. The second-order valence-electron chi connectivity index (χ2n) is 4.41. The molecule has 0 heterocycles. The van der Waals surface area contributed by atoms with Gasteiger partial charge in [0.15, 0.2) is 0 Å². The summed E-state index contributed by atoms with van der Waals surface area (Å²) in [6.07, 6.45) is 2.16. The Hall–Kier alpha value is -0.610. The van der Waals surface area contributed by atoms with Gasteiger partial charge in [-0.1, -0.05) is 13.8 Å². The lowest BCUT2D eigenvalue weighted by Crippen LogP contribution is -2.40. The summed E-state index contributed by atoms with van der Waals surface area (Å²) in [4.78, 5) is 11.4. The summed E-state index contributed by atoms with van der Waals surface area (Å²) in [5, 5.41) is 2.83. The maximum Gasteiger partial charge on any atom is 0.222 e. The van der Waals surface area contributed by atoms with E-state index in [9.17, 15) is 4.79 Å². The molecule has 0 radical (unpaired) electrons. The van der Waals surface area contributed by atoms with Crippen LogP contribution in [-0.4, -0.2) is 30.7 Å². The molecule has 0 bridgehead atoms. The van der Waals surface area contributed by atoms with Gasteiger partial charge in [-0.25, -0.2) is 0 Å². The van der Waals surface area contributed by atoms with Crippen molar-refractivity contribution in [2.45, 2.75) is 58.6 Å². The van der Waals surface area contributed by atoms with Gasteiger partial charge in [0.2, 0.25) is 5.91 Å². The first kappa shape index (κ1) is 15.4. The highest BCUT2D eigenvalue weighted by atomic mass is 16.5. The topological polar surface area (TPSA) is 64.3 Å². The minimum absolute atomic E-state index is 0.0353. The number of nitrogens with one attached hydrogen (secondary N) is 1. The molecule has 0 aliphatic heterocycles. The van der Waals surface area contributed by atoms with E-state index in [0.29, 0.717) is 19.6 Å². The lowest BCUT2D eigenvalue weighted by molar-refractivity contribution is -0.124. The summed E-state index contributed by atoms with van der Waals surface area (Å²) >= 11 is 0. The first-order valence-electron chi connectivity index (χ1n) is 6.13. The van der Waals surface area contributed by atoms with Gasteiger partial charge in [0.1, 0.15) is 0 Å². The maximum atomic E-state index is 11.4. The summed E-state index contributed by atoms with van der Waals surface area (Å²) in [6, 6.07) is 0.184.